The van der Waals surface area contributed by atoms with Crippen molar-refractivity contribution in [2.24, 2.45) is 49.7 Å². The maximum atomic E-state index is 13.4. The van der Waals surface area contributed by atoms with Crippen molar-refractivity contribution in [2.75, 3.05) is 102 Å². The van der Waals surface area contributed by atoms with Crippen molar-refractivity contribution in [3.63, 3.8) is 0 Å². The van der Waals surface area contributed by atoms with E-state index in [1.807, 2.05) is 132 Å². The highest BCUT2D eigenvalue weighted by Crippen LogP contribution is 2.39. The number of ether oxygens (including phenoxy) is 2. The molecule has 8 aromatic rings. The van der Waals surface area contributed by atoms with Gasteiger partial charge >= 0.3 is 11.9 Å². The summed E-state index contributed by atoms with van der Waals surface area (Å²) in [6.07, 6.45) is 14.6. The van der Waals surface area contributed by atoms with E-state index in [1.165, 1.54) is 31.5 Å². The number of carbonyl (C=O) groups is 9. The number of rotatable bonds is 32. The molecule has 0 bridgehead atoms. The number of carbonyl (C=O) groups excluding carboxylic acids is 9. The van der Waals surface area contributed by atoms with E-state index < -0.39 is 0 Å². The minimum Gasteiger partial charge on any atom is -0.469 e. The third-order valence-corrected chi connectivity index (χ3v) is 22.6. The zero-order valence-electron chi connectivity index (χ0n) is 74.5. The molecule has 28 nitrogen and oxygen atoms in total. The van der Waals surface area contributed by atoms with Crippen LogP contribution in [-0.2, 0) is 57.9 Å². The number of nitrogens with zero attached hydrogens (tertiary/aromatic N) is 9. The van der Waals surface area contributed by atoms with E-state index in [0.717, 1.165) is 91.5 Å². The Morgan fingerprint density at radius 1 is 0.406 bits per heavy atom. The normalized spacial score (nSPS) is 16.3. The summed E-state index contributed by atoms with van der Waals surface area (Å²) in [6, 6.07) is 53.0. The van der Waals surface area contributed by atoms with Crippen molar-refractivity contribution >= 4 is 123 Å². The summed E-state index contributed by atoms with van der Waals surface area (Å²) in [5.74, 6) is -1.46. The lowest BCUT2D eigenvalue weighted by Crippen LogP contribution is -2.34. The van der Waals surface area contributed by atoms with Gasteiger partial charge in [0.05, 0.1) is 61.5 Å². The molecule has 128 heavy (non-hydrogen) atoms. The second kappa shape index (κ2) is 46.6. The van der Waals surface area contributed by atoms with E-state index in [-0.39, 0.29) is 109 Å². The van der Waals surface area contributed by atoms with Crippen LogP contribution in [0.4, 0.5) is 34.1 Å². The molecule has 12 N–H and O–H groups in total. The molecule has 2 saturated heterocycles. The second-order valence-corrected chi connectivity index (χ2v) is 32.6. The number of amidine groups is 3. The van der Waals surface area contributed by atoms with E-state index in [4.69, 9.17) is 32.4 Å². The number of anilines is 3. The fourth-order valence-corrected chi connectivity index (χ4v) is 16.5. The number of esters is 2. The lowest BCUT2D eigenvalue weighted by atomic mass is 9.89. The highest BCUT2D eigenvalue weighted by Gasteiger charge is 2.41. The van der Waals surface area contributed by atoms with Gasteiger partial charge in [-0.1, -0.05) is 145 Å². The first-order chi connectivity index (χ1) is 61.9. The molecule has 5 aliphatic heterocycles. The molecule has 7 aromatic carbocycles. The maximum absolute atomic E-state index is 13.4. The van der Waals surface area contributed by atoms with Crippen LogP contribution in [0.25, 0.3) is 18.2 Å². The summed E-state index contributed by atoms with van der Waals surface area (Å²) in [5.41, 5.74) is 37.6. The Morgan fingerprint density at radius 2 is 0.789 bits per heavy atom. The minimum absolute atomic E-state index is 0.0188. The number of hydrogen-bond acceptors (Lipinski definition) is 21. The largest absolute Gasteiger partial charge is 0.469 e. The Balaban J connectivity index is 0.000000188. The van der Waals surface area contributed by atoms with Crippen molar-refractivity contribution in [3.05, 3.63) is 260 Å². The number of methoxy groups -OCH3 is 2. The SMILES string of the molecule is CCCN(CCC)C(=O)C1=Cc2ccc(C(=O)Nc3ccc([C@H]4CN(Cc5ccccc5)C[C@@H]4C(=O)OC)cc3)cc2N=C(N)C1.CCCN(CCC)C(=O)C1=Cc2ccc(C(=O)Nc3cccc([C@H]4CN(Cc5ccccc5)C[C@@H]4C(=O)OC)c3)cc2N=C(N)C1.CCCN(CCC)C(=O)C1=Cc2ccc(C(=O)Nc3cncc(CNC(=O)CN)c3)cc2N=C(N)C1. The Labute approximate surface area is 749 Å². The first-order valence-corrected chi connectivity index (χ1v) is 44.1. The number of aromatic nitrogens is 1. The Morgan fingerprint density at radius 3 is 1.17 bits per heavy atom. The Hall–Kier alpha value is -13.6. The van der Waals surface area contributed by atoms with E-state index in [9.17, 15) is 43.2 Å². The van der Waals surface area contributed by atoms with Crippen molar-refractivity contribution in [1.29, 1.82) is 0 Å². The summed E-state index contributed by atoms with van der Waals surface area (Å²) >= 11 is 0. The number of benzene rings is 7. The van der Waals surface area contributed by atoms with Gasteiger partial charge in [-0.2, -0.15) is 0 Å². The average molecular weight is 1740 g/mol. The molecule has 0 saturated carbocycles. The summed E-state index contributed by atoms with van der Waals surface area (Å²) in [6.45, 7) is 20.7. The molecule has 13 rings (SSSR count). The van der Waals surface area contributed by atoms with Gasteiger partial charge < -0.3 is 68.4 Å². The number of aliphatic imine (C=N–C) groups is 3. The molecule has 0 spiro atoms. The highest BCUT2D eigenvalue weighted by atomic mass is 16.5. The quantitative estimate of drug-likeness (QED) is 0.0182. The number of hydrogen-bond donors (Lipinski definition) is 8. The van der Waals surface area contributed by atoms with Gasteiger partial charge in [0.1, 0.15) is 17.5 Å². The Kier molecular flexibility index (Phi) is 34.6. The second-order valence-electron chi connectivity index (χ2n) is 32.6. The van der Waals surface area contributed by atoms with Crippen LogP contribution in [0.15, 0.2) is 214 Å². The average Bonchev–Trinajstić information content (AvgIpc) is 1.64. The molecular formula is C100H119N17O11. The molecule has 6 heterocycles. The van der Waals surface area contributed by atoms with Gasteiger partial charge in [-0.3, -0.25) is 57.9 Å². The number of nitrogens with one attached hydrogen (secondary N) is 4. The van der Waals surface area contributed by atoms with Crippen LogP contribution in [0.2, 0.25) is 0 Å². The summed E-state index contributed by atoms with van der Waals surface area (Å²) in [4.78, 5) is 144. The predicted molar refractivity (Wildman–Crippen MR) is 504 cm³/mol. The zero-order valence-corrected chi connectivity index (χ0v) is 74.5. The number of pyridine rings is 1. The molecule has 7 amide bonds. The molecule has 0 unspecified atom stereocenters. The van der Waals surface area contributed by atoms with Gasteiger partial charge in [0.25, 0.3) is 17.7 Å². The first-order valence-electron chi connectivity index (χ1n) is 44.1. The standard InChI is InChI=1S/2C37H43N5O4.C26H33N7O3/c1-4-16-42(17-5-2)36(44)29-18-27-14-15-28(20-33(27)40-34(38)21-29)35(43)39-30-13-9-12-26(19-30)31-23-41(24-32(31)37(45)46-3)22-25-10-7-6-8-11-25;1-4-17-42(18-5-2)36(44)29-19-27-11-12-28(20-33(27)40-34(38)21-29)35(43)39-30-15-13-26(14-16-30)31-23-41(24-32(31)37(45)46-3)22-25-9-7-6-8-10-25;1-3-7-33(8-4-2)26(36)20-10-18-5-6-19(11-22(18)32-23(28)12-20)25(35)31-21-9-17(14-29-16-21)15-30-24(34)13-27/h6-15,18-20,31-32H,4-5,16-17,21-24H2,1-3H3,(H2,38,40)(H,39,43);6-16,19-20,31-32H,4-5,17-18,21-24H2,1-3H3,(H2,38,40)(H,39,43);5-6,9-11,14,16H,3-4,7-8,12-13,15,27H2,1-2H3,(H2,28,32)(H,30,34)(H,31,35)/t2*31-,32+;/m11./s1. The van der Waals surface area contributed by atoms with Crippen LogP contribution >= 0.6 is 0 Å². The van der Waals surface area contributed by atoms with Gasteiger partial charge in [0.2, 0.25) is 23.6 Å². The van der Waals surface area contributed by atoms with Gasteiger partial charge in [-0.05, 0) is 151 Å². The van der Waals surface area contributed by atoms with Crippen molar-refractivity contribution in [3.8, 4) is 0 Å². The van der Waals surface area contributed by atoms with E-state index in [0.29, 0.717) is 144 Å². The van der Waals surface area contributed by atoms with Gasteiger partial charge in [-0.15, -0.1) is 0 Å². The molecule has 0 radical (unpaired) electrons. The number of fused-ring (bicyclic) bond motifs is 3. The summed E-state index contributed by atoms with van der Waals surface area (Å²) in [5, 5.41) is 11.5. The third kappa shape index (κ3) is 25.8. The van der Waals surface area contributed by atoms with E-state index in [1.54, 1.807) is 66.9 Å². The number of amides is 7. The van der Waals surface area contributed by atoms with Crippen LogP contribution in [-0.4, -0.2) is 186 Å². The molecule has 5 aliphatic rings. The molecular weight excluding hydrogens is 1620 g/mol. The van der Waals surface area contributed by atoms with Crippen molar-refractivity contribution in [2.45, 2.75) is 131 Å². The van der Waals surface area contributed by atoms with Crippen LogP contribution in [0, 0.1) is 11.8 Å². The Bertz CT molecular complexity index is 5480. The molecule has 1 aromatic heterocycles. The highest BCUT2D eigenvalue weighted by molar-refractivity contribution is 6.11. The molecule has 0 aliphatic carbocycles. The van der Waals surface area contributed by atoms with Crippen LogP contribution in [0.1, 0.15) is 187 Å². The summed E-state index contributed by atoms with van der Waals surface area (Å²) < 4.78 is 10.3. The monoisotopic (exact) mass is 1730 g/mol. The zero-order chi connectivity index (χ0) is 91.3. The maximum Gasteiger partial charge on any atom is 0.310 e. The van der Waals surface area contributed by atoms with E-state index >= 15 is 0 Å². The molecule has 28 heteroatoms. The first kappa shape index (κ1) is 95.1. The summed E-state index contributed by atoms with van der Waals surface area (Å²) in [7, 11) is 2.86. The van der Waals surface area contributed by atoms with Gasteiger partial charge in [0.15, 0.2) is 0 Å². The predicted octanol–water partition coefficient (Wildman–Crippen LogP) is 13.8. The lowest BCUT2D eigenvalue weighted by molar-refractivity contribution is -0.146. The fourth-order valence-electron chi connectivity index (χ4n) is 16.5. The van der Waals surface area contributed by atoms with Crippen LogP contribution in [0.5, 0.6) is 0 Å². The molecule has 4 atom stereocenters. The van der Waals surface area contributed by atoms with E-state index in [2.05, 4.69) is 103 Å². The third-order valence-electron chi connectivity index (χ3n) is 22.6. The topological polar surface area (TPSA) is 390 Å². The fraction of sp³-hybridized carbons (Fsp3) is 0.350. The molecule has 2 fully saturated rings. The van der Waals surface area contributed by atoms with Gasteiger partial charge in [-0.25, -0.2) is 15.0 Å². The van der Waals surface area contributed by atoms with Crippen LogP contribution in [0.3, 0.4) is 0 Å². The van der Waals surface area contributed by atoms with Crippen molar-refractivity contribution < 1.29 is 52.6 Å². The minimum atomic E-state index is -0.349. The lowest BCUT2D eigenvalue weighted by Gasteiger charge is -2.22. The number of likely N-dealkylation sites (tertiary alicyclic amines) is 2. The van der Waals surface area contributed by atoms with Gasteiger partial charge in [0, 0.05) is 184 Å². The smallest absolute Gasteiger partial charge is 0.310 e. The number of nitrogens with two attached hydrogens (primary N) is 4. The molecule has 670 valence electrons. The van der Waals surface area contributed by atoms with Crippen molar-refractivity contribution in [1.82, 2.24) is 34.8 Å². The van der Waals surface area contributed by atoms with Crippen LogP contribution < -0.4 is 44.2 Å².